The van der Waals surface area contributed by atoms with Crippen molar-refractivity contribution in [2.45, 2.75) is 25.3 Å². The smallest absolute Gasteiger partial charge is 0.124 e. The van der Waals surface area contributed by atoms with Crippen molar-refractivity contribution in [2.75, 3.05) is 0 Å². The van der Waals surface area contributed by atoms with Gasteiger partial charge in [-0.3, -0.25) is 0 Å². The van der Waals surface area contributed by atoms with Crippen LogP contribution in [0.3, 0.4) is 0 Å². The highest BCUT2D eigenvalue weighted by Crippen LogP contribution is 2.28. The number of halogens is 2. The zero-order valence-corrected chi connectivity index (χ0v) is 7.94. The van der Waals surface area contributed by atoms with Gasteiger partial charge in [0.1, 0.15) is 5.82 Å². The van der Waals surface area contributed by atoms with Crippen LogP contribution in [0.4, 0.5) is 4.39 Å². The Hall–Kier alpha value is -0.600. The van der Waals surface area contributed by atoms with Crippen molar-refractivity contribution in [1.82, 2.24) is 0 Å². The van der Waals surface area contributed by atoms with Gasteiger partial charge in [0.05, 0.1) is 0 Å². The highest BCUT2D eigenvalue weighted by molar-refractivity contribution is 6.31. The molecule has 3 heteroatoms. The van der Waals surface area contributed by atoms with Crippen molar-refractivity contribution in [1.29, 1.82) is 0 Å². The quantitative estimate of drug-likeness (QED) is 0.682. The molecule has 1 atom stereocenters. The fourth-order valence-corrected chi connectivity index (χ4v) is 2.12. The molecule has 0 fully saturated rings. The van der Waals surface area contributed by atoms with E-state index in [4.69, 9.17) is 17.3 Å². The molecule has 0 bridgehead atoms. The van der Waals surface area contributed by atoms with Crippen molar-refractivity contribution in [3.63, 3.8) is 0 Å². The van der Waals surface area contributed by atoms with Crippen LogP contribution < -0.4 is 5.73 Å². The van der Waals surface area contributed by atoms with Crippen LogP contribution in [0.2, 0.25) is 5.02 Å². The Morgan fingerprint density at radius 3 is 3.00 bits per heavy atom. The maximum atomic E-state index is 12.9. The van der Waals surface area contributed by atoms with Crippen LogP contribution in [0.15, 0.2) is 12.1 Å². The van der Waals surface area contributed by atoms with E-state index in [9.17, 15) is 4.39 Å². The van der Waals surface area contributed by atoms with Crippen LogP contribution in [0.1, 0.15) is 17.5 Å². The summed E-state index contributed by atoms with van der Waals surface area (Å²) in [5.41, 5.74) is 7.85. The van der Waals surface area contributed by atoms with Crippen molar-refractivity contribution in [2.24, 2.45) is 5.73 Å². The Morgan fingerprint density at radius 2 is 2.23 bits per heavy atom. The SMILES string of the molecule is N[C@H]1CCc2cc(F)cc(Cl)c2C1. The molecular formula is C10H11ClFN. The summed E-state index contributed by atoms with van der Waals surface area (Å²) in [6.45, 7) is 0. The number of fused-ring (bicyclic) bond motifs is 1. The molecule has 0 aliphatic heterocycles. The van der Waals surface area contributed by atoms with Gasteiger partial charge in [0, 0.05) is 11.1 Å². The first-order valence-corrected chi connectivity index (χ1v) is 4.77. The summed E-state index contributed by atoms with van der Waals surface area (Å²) in [6.07, 6.45) is 2.54. The molecule has 0 spiro atoms. The largest absolute Gasteiger partial charge is 0.327 e. The predicted molar refractivity (Wildman–Crippen MR) is 51.4 cm³/mol. The summed E-state index contributed by atoms with van der Waals surface area (Å²) in [5.74, 6) is -0.251. The van der Waals surface area contributed by atoms with Crippen LogP contribution in [0, 0.1) is 5.82 Å². The second-order valence-corrected chi connectivity index (χ2v) is 3.94. The average molecular weight is 200 g/mol. The van der Waals surface area contributed by atoms with Gasteiger partial charge in [-0.2, -0.15) is 0 Å². The van der Waals surface area contributed by atoms with Crippen LogP contribution in [0.5, 0.6) is 0 Å². The van der Waals surface area contributed by atoms with Gasteiger partial charge < -0.3 is 5.73 Å². The van der Waals surface area contributed by atoms with Crippen molar-refractivity contribution in [3.05, 3.63) is 34.1 Å². The number of benzene rings is 1. The number of nitrogens with two attached hydrogens (primary N) is 1. The van der Waals surface area contributed by atoms with Crippen LogP contribution in [-0.4, -0.2) is 6.04 Å². The van der Waals surface area contributed by atoms with Gasteiger partial charge in [-0.15, -0.1) is 0 Å². The molecular weight excluding hydrogens is 189 g/mol. The summed E-state index contributed by atoms with van der Waals surface area (Å²) in [6, 6.07) is 3.10. The van der Waals surface area contributed by atoms with E-state index in [0.29, 0.717) is 5.02 Å². The van der Waals surface area contributed by atoms with E-state index in [0.717, 1.165) is 30.4 Å². The molecule has 0 aromatic heterocycles. The molecule has 0 saturated heterocycles. The molecule has 0 heterocycles. The molecule has 70 valence electrons. The predicted octanol–water partition coefficient (Wildman–Crippen LogP) is 2.30. The van der Waals surface area contributed by atoms with Crippen LogP contribution in [-0.2, 0) is 12.8 Å². The van der Waals surface area contributed by atoms with Gasteiger partial charge in [-0.05, 0) is 42.5 Å². The third-order valence-corrected chi connectivity index (χ3v) is 2.84. The molecule has 2 N–H and O–H groups in total. The Morgan fingerprint density at radius 1 is 1.46 bits per heavy atom. The Balaban J connectivity index is 2.47. The van der Waals surface area contributed by atoms with Gasteiger partial charge in [-0.1, -0.05) is 11.6 Å². The third kappa shape index (κ3) is 1.69. The monoisotopic (exact) mass is 199 g/mol. The van der Waals surface area contributed by atoms with Gasteiger partial charge in [0.15, 0.2) is 0 Å². The Bertz CT molecular complexity index is 338. The standard InChI is InChI=1S/C10H11ClFN/c11-10-4-7(12)3-6-1-2-8(13)5-9(6)10/h3-4,8H,1-2,5,13H2/t8-/m0/s1. The molecule has 0 radical (unpaired) electrons. The van der Waals surface area contributed by atoms with E-state index in [1.54, 1.807) is 6.07 Å². The van der Waals surface area contributed by atoms with Crippen molar-refractivity contribution >= 4 is 11.6 Å². The van der Waals surface area contributed by atoms with Crippen LogP contribution >= 0.6 is 11.6 Å². The first-order chi connectivity index (χ1) is 6.16. The maximum absolute atomic E-state index is 12.9. The minimum absolute atomic E-state index is 0.176. The van der Waals surface area contributed by atoms with Gasteiger partial charge in [0.25, 0.3) is 0 Å². The van der Waals surface area contributed by atoms with E-state index in [1.807, 2.05) is 0 Å². The van der Waals surface area contributed by atoms with E-state index in [2.05, 4.69) is 0 Å². The lowest BCUT2D eigenvalue weighted by Gasteiger charge is -2.22. The molecule has 2 rings (SSSR count). The minimum Gasteiger partial charge on any atom is -0.327 e. The molecule has 13 heavy (non-hydrogen) atoms. The van der Waals surface area contributed by atoms with Crippen molar-refractivity contribution in [3.8, 4) is 0 Å². The molecule has 0 unspecified atom stereocenters. The van der Waals surface area contributed by atoms with Gasteiger partial charge in [0.2, 0.25) is 0 Å². The lowest BCUT2D eigenvalue weighted by molar-refractivity contribution is 0.566. The zero-order chi connectivity index (χ0) is 9.42. The first kappa shape index (κ1) is 8.97. The molecule has 1 aliphatic rings. The number of aryl methyl sites for hydroxylation is 1. The molecule has 1 aromatic rings. The number of rotatable bonds is 0. The molecule has 1 aliphatic carbocycles. The number of hydrogen-bond acceptors (Lipinski definition) is 1. The van der Waals surface area contributed by atoms with E-state index >= 15 is 0 Å². The Kier molecular flexibility index (Phi) is 2.26. The molecule has 1 aromatic carbocycles. The summed E-state index contributed by atoms with van der Waals surface area (Å²) in [5, 5.41) is 0.519. The van der Waals surface area contributed by atoms with Crippen molar-refractivity contribution < 1.29 is 4.39 Å². The fourth-order valence-electron chi connectivity index (χ4n) is 1.81. The Labute approximate surface area is 81.7 Å². The van der Waals surface area contributed by atoms with E-state index in [-0.39, 0.29) is 11.9 Å². The summed E-state index contributed by atoms with van der Waals surface area (Å²) in [4.78, 5) is 0. The lowest BCUT2D eigenvalue weighted by Crippen LogP contribution is -2.28. The average Bonchev–Trinajstić information content (AvgIpc) is 2.06. The maximum Gasteiger partial charge on any atom is 0.124 e. The molecule has 1 nitrogen and oxygen atoms in total. The van der Waals surface area contributed by atoms with E-state index < -0.39 is 0 Å². The topological polar surface area (TPSA) is 26.0 Å². The summed E-state index contributed by atoms with van der Waals surface area (Å²) < 4.78 is 12.9. The highest BCUT2D eigenvalue weighted by atomic mass is 35.5. The van der Waals surface area contributed by atoms with Gasteiger partial charge >= 0.3 is 0 Å². The number of hydrogen-bond donors (Lipinski definition) is 1. The third-order valence-electron chi connectivity index (χ3n) is 2.50. The lowest BCUT2D eigenvalue weighted by atomic mass is 9.89. The summed E-state index contributed by atoms with van der Waals surface area (Å²) >= 11 is 5.92. The fraction of sp³-hybridized carbons (Fsp3) is 0.400. The molecule has 0 saturated carbocycles. The zero-order valence-electron chi connectivity index (χ0n) is 7.19. The second-order valence-electron chi connectivity index (χ2n) is 3.53. The summed E-state index contributed by atoms with van der Waals surface area (Å²) in [7, 11) is 0. The van der Waals surface area contributed by atoms with Crippen LogP contribution in [0.25, 0.3) is 0 Å². The van der Waals surface area contributed by atoms with Gasteiger partial charge in [-0.25, -0.2) is 4.39 Å². The second kappa shape index (κ2) is 3.28. The molecule has 0 amide bonds. The normalized spacial score (nSPS) is 21.3. The van der Waals surface area contributed by atoms with E-state index in [1.165, 1.54) is 6.07 Å². The first-order valence-electron chi connectivity index (χ1n) is 4.39. The minimum atomic E-state index is -0.251. The highest BCUT2D eigenvalue weighted by Gasteiger charge is 2.18.